The van der Waals surface area contributed by atoms with Gasteiger partial charge in [0.15, 0.2) is 6.54 Å². The molecule has 0 saturated carbocycles. The molecule has 0 aromatic heterocycles. The minimum absolute atomic E-state index is 0.0921. The van der Waals surface area contributed by atoms with Crippen LogP contribution < -0.4 is 0 Å². The predicted octanol–water partition coefficient (Wildman–Crippen LogP) is 2.03. The molecule has 0 radical (unpaired) electrons. The molecule has 0 aliphatic carbocycles. The van der Waals surface area contributed by atoms with Crippen LogP contribution in [0.4, 0.5) is 0 Å². The van der Waals surface area contributed by atoms with Gasteiger partial charge in [-0.3, -0.25) is 0 Å². The Balaban J connectivity index is 4.30. The Bertz CT molecular complexity index is 260. The van der Waals surface area contributed by atoms with Gasteiger partial charge in [-0.2, -0.15) is 0 Å². The Morgan fingerprint density at radius 2 is 1.83 bits per heavy atom. The summed E-state index contributed by atoms with van der Waals surface area (Å²) in [7, 11) is 0. The number of likely N-dealkylation sites (N-methyl/N-ethyl adjacent to an activating group) is 1. The Morgan fingerprint density at radius 1 is 1.22 bits per heavy atom. The van der Waals surface area contributed by atoms with E-state index in [2.05, 4.69) is 19.1 Å². The Kier molecular flexibility index (Phi) is 8.67. The highest BCUT2D eigenvalue weighted by molar-refractivity contribution is 5.67. The number of rotatable bonds is 10. The van der Waals surface area contributed by atoms with Gasteiger partial charge < -0.3 is 14.7 Å². The van der Waals surface area contributed by atoms with E-state index in [1.165, 1.54) is 0 Å². The Hall–Kier alpha value is -0.870. The van der Waals surface area contributed by atoms with Crippen molar-refractivity contribution in [1.29, 1.82) is 0 Å². The summed E-state index contributed by atoms with van der Waals surface area (Å²) >= 11 is 0. The van der Waals surface area contributed by atoms with Crippen LogP contribution >= 0.6 is 0 Å². The molecule has 0 bridgehead atoms. The Labute approximate surface area is 111 Å². The number of quaternary nitrogens is 1. The second-order valence-electron chi connectivity index (χ2n) is 4.82. The maximum Gasteiger partial charge on any atom is 0.359 e. The summed E-state index contributed by atoms with van der Waals surface area (Å²) < 4.78 is 0.452. The Morgan fingerprint density at radius 3 is 2.28 bits per heavy atom. The van der Waals surface area contributed by atoms with E-state index in [4.69, 9.17) is 5.11 Å². The van der Waals surface area contributed by atoms with Gasteiger partial charge >= 0.3 is 5.97 Å². The fourth-order valence-electron chi connectivity index (χ4n) is 2.17. The van der Waals surface area contributed by atoms with E-state index in [0.717, 1.165) is 25.9 Å². The zero-order valence-corrected chi connectivity index (χ0v) is 11.9. The molecular weight excluding hydrogens is 230 g/mol. The van der Waals surface area contributed by atoms with Crippen molar-refractivity contribution in [1.82, 2.24) is 0 Å². The summed E-state index contributed by atoms with van der Waals surface area (Å²) in [6.45, 7) is 8.14. The van der Waals surface area contributed by atoms with Crippen molar-refractivity contribution >= 4 is 5.97 Å². The third-order valence-electron chi connectivity index (χ3n) is 3.48. The van der Waals surface area contributed by atoms with Crippen molar-refractivity contribution < 1.29 is 19.5 Å². The van der Waals surface area contributed by atoms with Gasteiger partial charge in [0.25, 0.3) is 0 Å². The highest BCUT2D eigenvalue weighted by Crippen LogP contribution is 2.11. The molecule has 0 aromatic carbocycles. The summed E-state index contributed by atoms with van der Waals surface area (Å²) in [5.74, 6) is -0.795. The molecule has 0 rings (SSSR count). The summed E-state index contributed by atoms with van der Waals surface area (Å²) in [4.78, 5) is 10.9. The molecule has 0 spiro atoms. The first-order chi connectivity index (χ1) is 8.49. The number of aliphatic hydroxyl groups excluding tert-OH is 1. The molecule has 0 aliphatic heterocycles. The first kappa shape index (κ1) is 17.1. The maximum atomic E-state index is 10.9. The van der Waals surface area contributed by atoms with Gasteiger partial charge in [0, 0.05) is 0 Å². The quantitative estimate of drug-likeness (QED) is 0.466. The van der Waals surface area contributed by atoms with E-state index >= 15 is 0 Å². The normalized spacial score (nSPS) is 14.0. The summed E-state index contributed by atoms with van der Waals surface area (Å²) in [6.07, 6.45) is 6.31. The second kappa shape index (κ2) is 9.11. The molecule has 2 N–H and O–H groups in total. The van der Waals surface area contributed by atoms with Crippen molar-refractivity contribution in [2.75, 3.05) is 26.2 Å². The van der Waals surface area contributed by atoms with E-state index in [9.17, 15) is 9.90 Å². The number of aliphatic hydroxyl groups is 1. The lowest BCUT2D eigenvalue weighted by atomic mass is 10.1. The molecule has 0 amide bonds. The van der Waals surface area contributed by atoms with Crippen molar-refractivity contribution in [2.24, 2.45) is 0 Å². The van der Waals surface area contributed by atoms with Crippen molar-refractivity contribution in [3.8, 4) is 0 Å². The highest BCUT2D eigenvalue weighted by Gasteiger charge is 2.29. The van der Waals surface area contributed by atoms with Crippen LogP contribution in [0.1, 0.15) is 40.0 Å². The average Bonchev–Trinajstić information content (AvgIpc) is 2.33. The van der Waals surface area contributed by atoms with Crippen LogP contribution in [0.25, 0.3) is 0 Å². The topological polar surface area (TPSA) is 57.5 Å². The molecule has 1 unspecified atom stereocenters. The van der Waals surface area contributed by atoms with E-state index in [0.29, 0.717) is 17.4 Å². The third kappa shape index (κ3) is 6.77. The molecule has 18 heavy (non-hydrogen) atoms. The summed E-state index contributed by atoms with van der Waals surface area (Å²) in [5.41, 5.74) is 0. The number of allylic oxidation sites excluding steroid dienone is 2. The maximum absolute atomic E-state index is 10.9. The van der Waals surface area contributed by atoms with Crippen LogP contribution in [-0.2, 0) is 4.79 Å². The molecule has 4 heteroatoms. The van der Waals surface area contributed by atoms with Crippen LogP contribution in [0.15, 0.2) is 12.2 Å². The summed E-state index contributed by atoms with van der Waals surface area (Å²) in [6, 6.07) is 0. The average molecular weight is 258 g/mol. The first-order valence-corrected chi connectivity index (χ1v) is 6.89. The predicted molar refractivity (Wildman–Crippen MR) is 73.4 cm³/mol. The molecule has 4 nitrogen and oxygen atoms in total. The minimum Gasteiger partial charge on any atom is -0.477 e. The van der Waals surface area contributed by atoms with Gasteiger partial charge in [-0.25, -0.2) is 4.79 Å². The van der Waals surface area contributed by atoms with Crippen molar-refractivity contribution in [2.45, 2.75) is 46.1 Å². The fraction of sp³-hybridized carbons (Fsp3) is 0.786. The van der Waals surface area contributed by atoms with Crippen LogP contribution in [-0.4, -0.2) is 52.9 Å². The van der Waals surface area contributed by atoms with E-state index < -0.39 is 12.1 Å². The van der Waals surface area contributed by atoms with Gasteiger partial charge in [0.1, 0.15) is 12.6 Å². The van der Waals surface area contributed by atoms with Gasteiger partial charge in [0.05, 0.1) is 13.1 Å². The largest absolute Gasteiger partial charge is 0.477 e. The monoisotopic (exact) mass is 258 g/mol. The molecule has 0 heterocycles. The van der Waals surface area contributed by atoms with Crippen LogP contribution in [0.3, 0.4) is 0 Å². The number of hydrogen-bond donors (Lipinski definition) is 2. The lowest BCUT2D eigenvalue weighted by Crippen LogP contribution is -2.54. The van der Waals surface area contributed by atoms with Crippen molar-refractivity contribution in [3.05, 3.63) is 12.2 Å². The lowest BCUT2D eigenvalue weighted by molar-refractivity contribution is -0.920. The number of carbonyl (C=O) groups is 1. The number of carboxylic acids is 1. The van der Waals surface area contributed by atoms with Gasteiger partial charge in [-0.05, 0) is 33.1 Å². The minimum atomic E-state index is -0.795. The number of aliphatic carboxylic acids is 1. The third-order valence-corrected chi connectivity index (χ3v) is 3.48. The molecule has 106 valence electrons. The van der Waals surface area contributed by atoms with Crippen molar-refractivity contribution in [3.63, 3.8) is 0 Å². The number of hydrogen-bond acceptors (Lipinski definition) is 2. The SMILES string of the molecule is CC/C=C/CCC(O)C[N+](CC)(CC)CC(=O)O. The standard InChI is InChI=1S/C14H27NO3/c1-4-7-8-9-10-13(16)11-15(5-2,6-3)12-14(17)18/h7-8,13,16H,4-6,9-12H2,1-3H3/p+1/b8-7+. The fourth-order valence-corrected chi connectivity index (χ4v) is 2.17. The zero-order valence-electron chi connectivity index (χ0n) is 11.9. The van der Waals surface area contributed by atoms with Gasteiger partial charge in [-0.1, -0.05) is 19.1 Å². The van der Waals surface area contributed by atoms with Crippen LogP contribution in [0.5, 0.6) is 0 Å². The molecular formula is C14H28NO3+. The molecule has 0 aliphatic rings. The number of carboxylic acid groups (broad SMARTS) is 1. The highest BCUT2D eigenvalue weighted by atomic mass is 16.4. The van der Waals surface area contributed by atoms with Crippen LogP contribution in [0.2, 0.25) is 0 Å². The number of nitrogens with zero attached hydrogens (tertiary/aromatic N) is 1. The smallest absolute Gasteiger partial charge is 0.359 e. The molecule has 1 atom stereocenters. The van der Waals surface area contributed by atoms with Gasteiger partial charge in [0.2, 0.25) is 0 Å². The molecule has 0 aromatic rings. The van der Waals surface area contributed by atoms with E-state index in [-0.39, 0.29) is 6.54 Å². The molecule has 0 saturated heterocycles. The lowest BCUT2D eigenvalue weighted by Gasteiger charge is -2.36. The van der Waals surface area contributed by atoms with E-state index in [1.54, 1.807) is 0 Å². The zero-order chi connectivity index (χ0) is 14.0. The van der Waals surface area contributed by atoms with Crippen LogP contribution in [0, 0.1) is 0 Å². The molecule has 0 fully saturated rings. The van der Waals surface area contributed by atoms with E-state index in [1.807, 2.05) is 13.8 Å². The van der Waals surface area contributed by atoms with Gasteiger partial charge in [-0.15, -0.1) is 0 Å². The second-order valence-corrected chi connectivity index (χ2v) is 4.82. The first-order valence-electron chi connectivity index (χ1n) is 6.89. The summed E-state index contributed by atoms with van der Waals surface area (Å²) in [5, 5.41) is 19.0.